The zero-order valence-corrected chi connectivity index (χ0v) is 9.43. The second-order valence-electron chi connectivity index (χ2n) is 4.46. The molecule has 0 saturated heterocycles. The van der Waals surface area contributed by atoms with Gasteiger partial charge in [-0.25, -0.2) is 0 Å². The largest absolute Gasteiger partial charge is 0.393 e. The van der Waals surface area contributed by atoms with E-state index in [9.17, 15) is 5.11 Å². The SMILES string of the molecule is CCCOC1(CO)CCCCCCC1. The molecule has 0 atom stereocenters. The van der Waals surface area contributed by atoms with E-state index < -0.39 is 0 Å². The second kappa shape index (κ2) is 6.41. The van der Waals surface area contributed by atoms with E-state index in [0.29, 0.717) is 0 Å². The summed E-state index contributed by atoms with van der Waals surface area (Å²) in [5.41, 5.74) is -0.198. The van der Waals surface area contributed by atoms with Crippen molar-refractivity contribution in [3.63, 3.8) is 0 Å². The van der Waals surface area contributed by atoms with Crippen LogP contribution in [-0.2, 0) is 4.74 Å². The van der Waals surface area contributed by atoms with Crippen molar-refractivity contribution in [3.8, 4) is 0 Å². The van der Waals surface area contributed by atoms with Gasteiger partial charge < -0.3 is 9.84 Å². The molecule has 0 heterocycles. The van der Waals surface area contributed by atoms with Crippen LogP contribution in [0.4, 0.5) is 0 Å². The van der Waals surface area contributed by atoms with Crippen molar-refractivity contribution in [1.29, 1.82) is 0 Å². The third-order valence-electron chi connectivity index (χ3n) is 3.17. The molecule has 1 aliphatic rings. The fourth-order valence-corrected chi connectivity index (χ4v) is 2.22. The van der Waals surface area contributed by atoms with Crippen LogP contribution in [0.5, 0.6) is 0 Å². The maximum absolute atomic E-state index is 9.46. The van der Waals surface area contributed by atoms with E-state index >= 15 is 0 Å². The highest BCUT2D eigenvalue weighted by Crippen LogP contribution is 2.29. The summed E-state index contributed by atoms with van der Waals surface area (Å²) < 4.78 is 5.85. The maximum Gasteiger partial charge on any atom is 0.0912 e. The normalized spacial score (nSPS) is 22.7. The van der Waals surface area contributed by atoms with Crippen molar-refractivity contribution >= 4 is 0 Å². The molecule has 14 heavy (non-hydrogen) atoms. The maximum atomic E-state index is 9.46. The quantitative estimate of drug-likeness (QED) is 0.756. The van der Waals surface area contributed by atoms with Crippen molar-refractivity contribution < 1.29 is 9.84 Å². The predicted molar refractivity (Wildman–Crippen MR) is 58.4 cm³/mol. The summed E-state index contributed by atoms with van der Waals surface area (Å²) in [6, 6.07) is 0. The second-order valence-corrected chi connectivity index (χ2v) is 4.46. The summed E-state index contributed by atoms with van der Waals surface area (Å²) >= 11 is 0. The summed E-state index contributed by atoms with van der Waals surface area (Å²) in [4.78, 5) is 0. The molecular weight excluding hydrogens is 176 g/mol. The van der Waals surface area contributed by atoms with Crippen LogP contribution in [0, 0.1) is 0 Å². The lowest BCUT2D eigenvalue weighted by molar-refractivity contribution is -0.0942. The highest BCUT2D eigenvalue weighted by atomic mass is 16.5. The fraction of sp³-hybridized carbons (Fsp3) is 1.00. The molecule has 1 saturated carbocycles. The first-order chi connectivity index (χ1) is 6.83. The number of aliphatic hydroxyl groups is 1. The van der Waals surface area contributed by atoms with E-state index in [1.165, 1.54) is 32.1 Å². The minimum Gasteiger partial charge on any atom is -0.393 e. The third-order valence-corrected chi connectivity index (χ3v) is 3.17. The molecule has 0 spiro atoms. The Bertz CT molecular complexity index is 132. The minimum absolute atomic E-state index is 0.198. The smallest absolute Gasteiger partial charge is 0.0912 e. The van der Waals surface area contributed by atoms with E-state index in [4.69, 9.17) is 4.74 Å². The highest BCUT2D eigenvalue weighted by molar-refractivity contribution is 4.81. The predicted octanol–water partition coefficient (Wildman–Crippen LogP) is 2.89. The molecule has 0 radical (unpaired) electrons. The van der Waals surface area contributed by atoms with Gasteiger partial charge >= 0.3 is 0 Å². The molecule has 84 valence electrons. The van der Waals surface area contributed by atoms with E-state index in [1.54, 1.807) is 0 Å². The average molecular weight is 200 g/mol. The molecule has 2 nitrogen and oxygen atoms in total. The van der Waals surface area contributed by atoms with Gasteiger partial charge in [0, 0.05) is 6.61 Å². The summed E-state index contributed by atoms with van der Waals surface area (Å²) in [6.45, 7) is 3.11. The van der Waals surface area contributed by atoms with Crippen LogP contribution in [0.3, 0.4) is 0 Å². The van der Waals surface area contributed by atoms with Crippen LogP contribution in [0.2, 0.25) is 0 Å². The lowest BCUT2D eigenvalue weighted by atomic mass is 9.87. The van der Waals surface area contributed by atoms with Crippen LogP contribution in [-0.4, -0.2) is 23.9 Å². The number of rotatable bonds is 4. The lowest BCUT2D eigenvalue weighted by Crippen LogP contribution is -2.37. The highest BCUT2D eigenvalue weighted by Gasteiger charge is 2.29. The molecular formula is C12H24O2. The minimum atomic E-state index is -0.198. The molecule has 0 unspecified atom stereocenters. The summed E-state index contributed by atoms with van der Waals surface area (Å²) in [6.07, 6.45) is 9.52. The Balaban J connectivity index is 2.44. The first-order valence-electron chi connectivity index (χ1n) is 6.08. The average Bonchev–Trinajstić information content (AvgIpc) is 2.18. The Labute approximate surface area is 87.7 Å². The van der Waals surface area contributed by atoms with E-state index in [0.717, 1.165) is 25.9 Å². The van der Waals surface area contributed by atoms with Gasteiger partial charge in [-0.2, -0.15) is 0 Å². The van der Waals surface area contributed by atoms with Crippen LogP contribution in [0.25, 0.3) is 0 Å². The number of hydrogen-bond acceptors (Lipinski definition) is 2. The number of aliphatic hydroxyl groups excluding tert-OH is 1. The molecule has 0 amide bonds. The van der Waals surface area contributed by atoms with Gasteiger partial charge in [-0.1, -0.05) is 39.0 Å². The topological polar surface area (TPSA) is 29.5 Å². The first-order valence-corrected chi connectivity index (χ1v) is 6.08. The Morgan fingerprint density at radius 1 is 1.07 bits per heavy atom. The molecule has 1 rings (SSSR count). The van der Waals surface area contributed by atoms with Crippen molar-refractivity contribution in [2.75, 3.05) is 13.2 Å². The van der Waals surface area contributed by atoms with Crippen LogP contribution < -0.4 is 0 Å². The van der Waals surface area contributed by atoms with Crippen LogP contribution >= 0.6 is 0 Å². The van der Waals surface area contributed by atoms with Crippen molar-refractivity contribution in [2.24, 2.45) is 0 Å². The lowest BCUT2D eigenvalue weighted by Gasteiger charge is -2.33. The van der Waals surface area contributed by atoms with Gasteiger partial charge in [0.1, 0.15) is 0 Å². The molecule has 1 N–H and O–H groups in total. The van der Waals surface area contributed by atoms with Crippen LogP contribution in [0.15, 0.2) is 0 Å². The molecule has 0 bridgehead atoms. The third kappa shape index (κ3) is 3.58. The zero-order chi connectivity index (χ0) is 10.3. The fourth-order valence-electron chi connectivity index (χ4n) is 2.22. The number of ether oxygens (including phenoxy) is 1. The summed E-state index contributed by atoms with van der Waals surface area (Å²) in [5.74, 6) is 0. The molecule has 0 aromatic carbocycles. The summed E-state index contributed by atoms with van der Waals surface area (Å²) in [7, 11) is 0. The van der Waals surface area contributed by atoms with Gasteiger partial charge in [-0.15, -0.1) is 0 Å². The molecule has 2 heteroatoms. The monoisotopic (exact) mass is 200 g/mol. The zero-order valence-electron chi connectivity index (χ0n) is 9.43. The molecule has 0 aliphatic heterocycles. The Morgan fingerprint density at radius 2 is 1.64 bits per heavy atom. The van der Waals surface area contributed by atoms with Crippen molar-refractivity contribution in [3.05, 3.63) is 0 Å². The standard InChI is InChI=1S/C12H24O2/c1-2-10-14-12(11-13)8-6-4-3-5-7-9-12/h13H,2-11H2,1H3. The van der Waals surface area contributed by atoms with Crippen molar-refractivity contribution in [1.82, 2.24) is 0 Å². The summed E-state index contributed by atoms with van der Waals surface area (Å²) in [5, 5.41) is 9.46. The van der Waals surface area contributed by atoms with E-state index in [-0.39, 0.29) is 12.2 Å². The van der Waals surface area contributed by atoms with Gasteiger partial charge in [0.2, 0.25) is 0 Å². The molecule has 1 fully saturated rings. The van der Waals surface area contributed by atoms with E-state index in [1.807, 2.05) is 0 Å². The Kier molecular flexibility index (Phi) is 5.49. The van der Waals surface area contributed by atoms with Gasteiger partial charge in [-0.3, -0.25) is 0 Å². The first kappa shape index (κ1) is 12.0. The van der Waals surface area contributed by atoms with E-state index in [2.05, 4.69) is 6.92 Å². The number of hydrogen-bond donors (Lipinski definition) is 1. The van der Waals surface area contributed by atoms with Gasteiger partial charge in [0.15, 0.2) is 0 Å². The Hall–Kier alpha value is -0.0800. The van der Waals surface area contributed by atoms with Gasteiger partial charge in [-0.05, 0) is 19.3 Å². The van der Waals surface area contributed by atoms with Gasteiger partial charge in [0.25, 0.3) is 0 Å². The van der Waals surface area contributed by atoms with Crippen molar-refractivity contribution in [2.45, 2.75) is 63.9 Å². The van der Waals surface area contributed by atoms with Gasteiger partial charge in [0.05, 0.1) is 12.2 Å². The molecule has 1 aliphatic carbocycles. The van der Waals surface area contributed by atoms with Crippen LogP contribution in [0.1, 0.15) is 58.3 Å². The molecule has 0 aromatic heterocycles. The Morgan fingerprint density at radius 3 is 2.14 bits per heavy atom. The molecule has 0 aromatic rings.